The Labute approximate surface area is 130 Å². The molecule has 2 N–H and O–H groups in total. The SMILES string of the molecule is CCC1CCCCC1OCC(O)CNCCN1CCCC1. The zero-order valence-electron chi connectivity index (χ0n) is 13.7. The van der Waals surface area contributed by atoms with E-state index in [2.05, 4.69) is 17.1 Å². The molecule has 1 saturated carbocycles. The lowest BCUT2D eigenvalue weighted by Gasteiger charge is -2.31. The number of hydrogen-bond acceptors (Lipinski definition) is 4. The van der Waals surface area contributed by atoms with Crippen LogP contribution in [0.4, 0.5) is 0 Å². The number of nitrogens with one attached hydrogen (secondary N) is 1. The second-order valence-corrected chi connectivity index (χ2v) is 6.73. The van der Waals surface area contributed by atoms with Gasteiger partial charge in [0, 0.05) is 19.6 Å². The van der Waals surface area contributed by atoms with Gasteiger partial charge in [-0.2, -0.15) is 0 Å². The summed E-state index contributed by atoms with van der Waals surface area (Å²) >= 11 is 0. The van der Waals surface area contributed by atoms with Crippen LogP contribution in [0.15, 0.2) is 0 Å². The molecule has 4 nitrogen and oxygen atoms in total. The van der Waals surface area contributed by atoms with E-state index in [4.69, 9.17) is 4.74 Å². The Hall–Kier alpha value is -0.160. The van der Waals surface area contributed by atoms with E-state index in [1.165, 1.54) is 58.0 Å². The Morgan fingerprint density at radius 3 is 2.71 bits per heavy atom. The Morgan fingerprint density at radius 1 is 1.19 bits per heavy atom. The molecule has 2 fully saturated rings. The molecule has 4 heteroatoms. The standard InChI is InChI=1S/C17H34N2O2/c1-2-15-7-3-4-8-17(15)21-14-16(20)13-18-9-12-19-10-5-6-11-19/h15-18,20H,2-14H2,1H3. The third kappa shape index (κ3) is 6.23. The van der Waals surface area contributed by atoms with Gasteiger partial charge in [-0.1, -0.05) is 26.2 Å². The van der Waals surface area contributed by atoms with Crippen molar-refractivity contribution in [2.75, 3.05) is 39.3 Å². The molecule has 1 saturated heterocycles. The van der Waals surface area contributed by atoms with Crippen molar-refractivity contribution in [1.29, 1.82) is 0 Å². The zero-order chi connectivity index (χ0) is 14.9. The van der Waals surface area contributed by atoms with Gasteiger partial charge in [-0.15, -0.1) is 0 Å². The van der Waals surface area contributed by atoms with E-state index in [-0.39, 0.29) is 6.10 Å². The lowest BCUT2D eigenvalue weighted by Crippen LogP contribution is -2.37. The molecule has 0 aromatic heterocycles. The third-order valence-corrected chi connectivity index (χ3v) is 5.05. The van der Waals surface area contributed by atoms with Crippen molar-refractivity contribution in [1.82, 2.24) is 10.2 Å². The predicted octanol–water partition coefficient (Wildman–Crippen LogP) is 2.02. The highest BCUT2D eigenvalue weighted by atomic mass is 16.5. The largest absolute Gasteiger partial charge is 0.389 e. The van der Waals surface area contributed by atoms with Crippen LogP contribution in [0.1, 0.15) is 51.9 Å². The summed E-state index contributed by atoms with van der Waals surface area (Å²) in [4.78, 5) is 2.49. The van der Waals surface area contributed by atoms with Crippen LogP contribution in [-0.4, -0.2) is 61.5 Å². The summed E-state index contributed by atoms with van der Waals surface area (Å²) < 4.78 is 5.98. The smallest absolute Gasteiger partial charge is 0.0897 e. The average Bonchev–Trinajstić information content (AvgIpc) is 3.03. The Balaban J connectivity index is 1.51. The molecule has 1 aliphatic heterocycles. The van der Waals surface area contributed by atoms with Gasteiger partial charge in [-0.05, 0) is 44.7 Å². The first kappa shape index (κ1) is 17.2. The van der Waals surface area contributed by atoms with Gasteiger partial charge in [0.05, 0.1) is 18.8 Å². The number of hydrogen-bond donors (Lipinski definition) is 2. The summed E-state index contributed by atoms with van der Waals surface area (Å²) in [5.41, 5.74) is 0. The van der Waals surface area contributed by atoms with Crippen LogP contribution < -0.4 is 5.32 Å². The van der Waals surface area contributed by atoms with Gasteiger partial charge < -0.3 is 20.1 Å². The number of likely N-dealkylation sites (tertiary alicyclic amines) is 1. The van der Waals surface area contributed by atoms with Crippen molar-refractivity contribution < 1.29 is 9.84 Å². The van der Waals surface area contributed by atoms with Crippen LogP contribution in [0.5, 0.6) is 0 Å². The van der Waals surface area contributed by atoms with E-state index >= 15 is 0 Å². The molecule has 0 spiro atoms. The van der Waals surface area contributed by atoms with Gasteiger partial charge >= 0.3 is 0 Å². The molecule has 0 aromatic rings. The minimum atomic E-state index is -0.372. The maximum atomic E-state index is 10.0. The average molecular weight is 298 g/mol. The number of rotatable bonds is 9. The van der Waals surface area contributed by atoms with Gasteiger partial charge in [0.2, 0.25) is 0 Å². The van der Waals surface area contributed by atoms with Gasteiger partial charge in [0.1, 0.15) is 0 Å². The second-order valence-electron chi connectivity index (χ2n) is 6.73. The monoisotopic (exact) mass is 298 g/mol. The minimum Gasteiger partial charge on any atom is -0.389 e. The van der Waals surface area contributed by atoms with E-state index < -0.39 is 0 Å². The molecule has 0 bridgehead atoms. The maximum absolute atomic E-state index is 10.0. The molecule has 0 aromatic carbocycles. The molecule has 124 valence electrons. The van der Waals surface area contributed by atoms with Gasteiger partial charge in [-0.3, -0.25) is 0 Å². The van der Waals surface area contributed by atoms with Crippen molar-refractivity contribution in [3.05, 3.63) is 0 Å². The first-order valence-corrected chi connectivity index (χ1v) is 9.02. The number of aliphatic hydroxyl groups excluding tert-OH is 1. The fourth-order valence-corrected chi connectivity index (χ4v) is 3.67. The van der Waals surface area contributed by atoms with Crippen LogP contribution in [0.25, 0.3) is 0 Å². The molecule has 2 rings (SSSR count). The summed E-state index contributed by atoms with van der Waals surface area (Å²) in [6.07, 6.45) is 9.00. The second kappa shape index (κ2) is 9.78. The molecular weight excluding hydrogens is 264 g/mol. The molecule has 3 atom stereocenters. The topological polar surface area (TPSA) is 44.7 Å². The van der Waals surface area contributed by atoms with E-state index in [1.807, 2.05) is 0 Å². The first-order valence-electron chi connectivity index (χ1n) is 9.02. The van der Waals surface area contributed by atoms with Crippen LogP contribution in [-0.2, 0) is 4.74 Å². The Bertz CT molecular complexity index is 270. The number of ether oxygens (including phenoxy) is 1. The minimum absolute atomic E-state index is 0.372. The van der Waals surface area contributed by atoms with Gasteiger partial charge in [-0.25, -0.2) is 0 Å². The zero-order valence-corrected chi connectivity index (χ0v) is 13.7. The highest BCUT2D eigenvalue weighted by Crippen LogP contribution is 2.29. The lowest BCUT2D eigenvalue weighted by atomic mass is 9.85. The van der Waals surface area contributed by atoms with E-state index in [0.29, 0.717) is 25.2 Å². The van der Waals surface area contributed by atoms with Crippen molar-refractivity contribution in [2.45, 2.75) is 64.1 Å². The lowest BCUT2D eigenvalue weighted by molar-refractivity contribution is -0.0498. The maximum Gasteiger partial charge on any atom is 0.0897 e. The highest BCUT2D eigenvalue weighted by Gasteiger charge is 2.24. The quantitative estimate of drug-likeness (QED) is 0.639. The summed E-state index contributed by atoms with van der Waals surface area (Å²) in [5, 5.41) is 13.4. The van der Waals surface area contributed by atoms with Crippen LogP contribution >= 0.6 is 0 Å². The first-order chi connectivity index (χ1) is 10.3. The van der Waals surface area contributed by atoms with Gasteiger partial charge in [0.25, 0.3) is 0 Å². The molecule has 21 heavy (non-hydrogen) atoms. The van der Waals surface area contributed by atoms with Crippen molar-refractivity contribution in [2.24, 2.45) is 5.92 Å². The van der Waals surface area contributed by atoms with E-state index in [1.54, 1.807) is 0 Å². The molecule has 3 unspecified atom stereocenters. The van der Waals surface area contributed by atoms with Crippen LogP contribution in [0.2, 0.25) is 0 Å². The number of nitrogens with zero attached hydrogens (tertiary/aromatic N) is 1. The summed E-state index contributed by atoms with van der Waals surface area (Å²) in [5.74, 6) is 0.703. The van der Waals surface area contributed by atoms with Crippen molar-refractivity contribution in [3.8, 4) is 0 Å². The van der Waals surface area contributed by atoms with Crippen LogP contribution in [0, 0.1) is 5.92 Å². The molecule has 0 radical (unpaired) electrons. The summed E-state index contributed by atoms with van der Waals surface area (Å²) in [6, 6.07) is 0. The molecule has 1 aliphatic carbocycles. The van der Waals surface area contributed by atoms with Crippen molar-refractivity contribution in [3.63, 3.8) is 0 Å². The normalized spacial score (nSPS) is 28.9. The van der Waals surface area contributed by atoms with E-state index in [9.17, 15) is 5.11 Å². The summed E-state index contributed by atoms with van der Waals surface area (Å²) in [6.45, 7) is 7.95. The Morgan fingerprint density at radius 2 is 1.95 bits per heavy atom. The Kier molecular flexibility index (Phi) is 8.01. The third-order valence-electron chi connectivity index (χ3n) is 5.05. The highest BCUT2D eigenvalue weighted by molar-refractivity contribution is 4.75. The molecular formula is C17H34N2O2. The molecule has 2 aliphatic rings. The number of aliphatic hydroxyl groups is 1. The van der Waals surface area contributed by atoms with Crippen LogP contribution in [0.3, 0.4) is 0 Å². The van der Waals surface area contributed by atoms with Crippen molar-refractivity contribution >= 4 is 0 Å². The van der Waals surface area contributed by atoms with Gasteiger partial charge in [0.15, 0.2) is 0 Å². The fraction of sp³-hybridized carbons (Fsp3) is 1.00. The fourth-order valence-electron chi connectivity index (χ4n) is 3.67. The van der Waals surface area contributed by atoms with E-state index in [0.717, 1.165) is 13.1 Å². The summed E-state index contributed by atoms with van der Waals surface area (Å²) in [7, 11) is 0. The molecule has 0 amide bonds. The molecule has 1 heterocycles. The predicted molar refractivity (Wildman–Crippen MR) is 86.5 cm³/mol.